The van der Waals surface area contributed by atoms with E-state index in [2.05, 4.69) is 25.2 Å². The van der Waals surface area contributed by atoms with E-state index in [-0.39, 0.29) is 40.9 Å². The van der Waals surface area contributed by atoms with Crippen molar-refractivity contribution in [2.75, 3.05) is 13.7 Å². The van der Waals surface area contributed by atoms with E-state index in [1.807, 2.05) is 12.1 Å². The van der Waals surface area contributed by atoms with E-state index < -0.39 is 0 Å². The van der Waals surface area contributed by atoms with Crippen molar-refractivity contribution in [3.63, 3.8) is 0 Å². The van der Waals surface area contributed by atoms with E-state index in [1.165, 1.54) is 19.2 Å². The quantitative estimate of drug-likeness (QED) is 0.156. The Bertz CT molecular complexity index is 844. The summed E-state index contributed by atoms with van der Waals surface area (Å²) in [5, 5.41) is 0. The van der Waals surface area contributed by atoms with Crippen molar-refractivity contribution in [2.24, 2.45) is 11.8 Å². The van der Waals surface area contributed by atoms with Crippen molar-refractivity contribution in [2.45, 2.75) is 76.2 Å². The number of fused-ring (bicyclic) bond motifs is 2. The van der Waals surface area contributed by atoms with Gasteiger partial charge in [-0.3, -0.25) is 9.59 Å². The molecular weight excluding hydrogens is 419 g/mol. The second-order valence-electron chi connectivity index (χ2n) is 9.36. The molecule has 1 aromatic carbocycles. The van der Waals surface area contributed by atoms with Gasteiger partial charge in [0.05, 0.1) is 19.8 Å². The second kappa shape index (κ2) is 12.3. The van der Waals surface area contributed by atoms with Gasteiger partial charge in [-0.05, 0) is 61.8 Å². The fraction of sp³-hybridized carbons (Fsp3) is 0.571. The predicted molar refractivity (Wildman–Crippen MR) is 127 cm³/mol. The molecule has 0 radical (unpaired) electrons. The van der Waals surface area contributed by atoms with E-state index in [0.717, 1.165) is 50.5 Å². The Morgan fingerprint density at radius 2 is 1.94 bits per heavy atom. The van der Waals surface area contributed by atoms with Crippen molar-refractivity contribution in [3.05, 3.63) is 60.0 Å². The molecule has 180 valence electrons. The number of benzene rings is 1. The Labute approximate surface area is 197 Å². The lowest BCUT2D eigenvalue weighted by Crippen LogP contribution is -2.39. The number of unbranched alkanes of at least 4 members (excludes halogenated alkanes) is 3. The maximum absolute atomic E-state index is 13.6. The molecule has 5 heteroatoms. The first-order valence-corrected chi connectivity index (χ1v) is 12.3. The largest absolute Gasteiger partial charge is 0.469 e. The molecule has 1 aromatic rings. The van der Waals surface area contributed by atoms with Crippen LogP contribution in [-0.4, -0.2) is 31.6 Å². The smallest absolute Gasteiger partial charge is 0.305 e. The van der Waals surface area contributed by atoms with Crippen LogP contribution in [0.15, 0.2) is 48.6 Å². The SMILES string of the molecule is CCCCCC(=O)/C=C/[C@@H]1[C@@H]2C[C@@](c3ccc(F)cc3)(CO2)[C@H]1C/C=C\CCCC(=O)OC. The number of carbonyl (C=O) groups excluding carboxylic acids is 2. The van der Waals surface area contributed by atoms with Gasteiger partial charge in [-0.15, -0.1) is 0 Å². The van der Waals surface area contributed by atoms with Crippen molar-refractivity contribution in [1.29, 1.82) is 0 Å². The van der Waals surface area contributed by atoms with Crippen LogP contribution in [0.25, 0.3) is 0 Å². The minimum absolute atomic E-state index is 0.0764. The van der Waals surface area contributed by atoms with Crippen LogP contribution in [0.2, 0.25) is 0 Å². The molecule has 3 rings (SSSR count). The monoisotopic (exact) mass is 456 g/mol. The highest BCUT2D eigenvalue weighted by molar-refractivity contribution is 5.89. The average Bonchev–Trinajstić information content (AvgIpc) is 3.38. The molecule has 1 aliphatic carbocycles. The zero-order chi connectivity index (χ0) is 23.7. The molecule has 1 aliphatic heterocycles. The molecule has 0 unspecified atom stereocenters. The third-order valence-electron chi connectivity index (χ3n) is 7.21. The molecule has 2 aliphatic rings. The van der Waals surface area contributed by atoms with E-state index in [1.54, 1.807) is 6.08 Å². The van der Waals surface area contributed by atoms with E-state index in [0.29, 0.717) is 19.4 Å². The van der Waals surface area contributed by atoms with Gasteiger partial charge in [0, 0.05) is 24.2 Å². The molecule has 2 bridgehead atoms. The lowest BCUT2D eigenvalue weighted by atomic mass is 9.69. The maximum atomic E-state index is 13.6. The maximum Gasteiger partial charge on any atom is 0.305 e. The summed E-state index contributed by atoms with van der Waals surface area (Å²) in [6, 6.07) is 6.82. The summed E-state index contributed by atoms with van der Waals surface area (Å²) in [6.07, 6.45) is 15.7. The number of carbonyl (C=O) groups is 2. The average molecular weight is 457 g/mol. The van der Waals surface area contributed by atoms with Crippen LogP contribution in [0.5, 0.6) is 0 Å². The summed E-state index contributed by atoms with van der Waals surface area (Å²) in [7, 11) is 1.41. The van der Waals surface area contributed by atoms with Crippen LogP contribution in [0, 0.1) is 17.7 Å². The van der Waals surface area contributed by atoms with Gasteiger partial charge < -0.3 is 9.47 Å². The van der Waals surface area contributed by atoms with Gasteiger partial charge in [0.25, 0.3) is 0 Å². The van der Waals surface area contributed by atoms with Gasteiger partial charge in [-0.1, -0.05) is 50.1 Å². The van der Waals surface area contributed by atoms with Gasteiger partial charge in [0.2, 0.25) is 0 Å². The van der Waals surface area contributed by atoms with Crippen molar-refractivity contribution < 1.29 is 23.5 Å². The number of allylic oxidation sites excluding steroid dienone is 3. The Morgan fingerprint density at radius 1 is 1.15 bits per heavy atom. The molecule has 2 fully saturated rings. The van der Waals surface area contributed by atoms with E-state index in [9.17, 15) is 14.0 Å². The molecule has 4 atom stereocenters. The summed E-state index contributed by atoms with van der Waals surface area (Å²) in [6.45, 7) is 2.76. The Balaban J connectivity index is 1.72. The number of ketones is 1. The number of rotatable bonds is 13. The van der Waals surface area contributed by atoms with Gasteiger partial charge >= 0.3 is 5.97 Å². The predicted octanol–water partition coefficient (Wildman–Crippen LogP) is 6.09. The first-order valence-electron chi connectivity index (χ1n) is 12.3. The second-order valence-corrected chi connectivity index (χ2v) is 9.36. The summed E-state index contributed by atoms with van der Waals surface area (Å²) < 4.78 is 24.5. The first-order chi connectivity index (χ1) is 16.0. The Morgan fingerprint density at radius 3 is 2.67 bits per heavy atom. The standard InChI is InChI=1S/C28H37FO4/c1-3-4-7-10-23(30)17-18-24-25(11-8-5-6-9-12-27(31)32-2)28(19-26(24)33-20-28)21-13-15-22(29)16-14-21/h5,8,13-18,24-26H,3-4,6-7,9-12,19-20H2,1-2H3/b8-5-,18-17+/t24-,25-,26-,28-/m0/s1. The lowest BCUT2D eigenvalue weighted by molar-refractivity contribution is -0.140. The van der Waals surface area contributed by atoms with Crippen LogP contribution in [0.1, 0.15) is 70.3 Å². The normalized spacial score (nSPS) is 26.5. The zero-order valence-corrected chi connectivity index (χ0v) is 19.9. The minimum atomic E-state index is -0.236. The molecule has 0 N–H and O–H groups in total. The highest BCUT2D eigenvalue weighted by atomic mass is 19.1. The highest BCUT2D eigenvalue weighted by Gasteiger charge is 2.58. The fourth-order valence-corrected chi connectivity index (χ4v) is 5.38. The third kappa shape index (κ3) is 6.41. The molecule has 1 saturated carbocycles. The van der Waals surface area contributed by atoms with Crippen molar-refractivity contribution >= 4 is 11.8 Å². The van der Waals surface area contributed by atoms with Crippen LogP contribution < -0.4 is 0 Å². The molecule has 0 aromatic heterocycles. The highest BCUT2D eigenvalue weighted by Crippen LogP contribution is 2.57. The molecular formula is C28H37FO4. The van der Waals surface area contributed by atoms with Crippen molar-refractivity contribution in [3.8, 4) is 0 Å². The van der Waals surface area contributed by atoms with E-state index >= 15 is 0 Å². The number of methoxy groups -OCH3 is 1. The third-order valence-corrected chi connectivity index (χ3v) is 7.21. The van der Waals surface area contributed by atoms with E-state index in [4.69, 9.17) is 9.47 Å². The van der Waals surface area contributed by atoms with Gasteiger partial charge in [0.1, 0.15) is 5.82 Å². The fourth-order valence-electron chi connectivity index (χ4n) is 5.38. The van der Waals surface area contributed by atoms with Crippen LogP contribution >= 0.6 is 0 Å². The lowest BCUT2D eigenvalue weighted by Gasteiger charge is -2.38. The minimum Gasteiger partial charge on any atom is -0.469 e. The molecule has 4 nitrogen and oxygen atoms in total. The number of hydrogen-bond donors (Lipinski definition) is 0. The molecule has 0 amide bonds. The topological polar surface area (TPSA) is 52.6 Å². The zero-order valence-electron chi connectivity index (χ0n) is 19.9. The number of hydrogen-bond acceptors (Lipinski definition) is 4. The number of ether oxygens (including phenoxy) is 2. The summed E-state index contributed by atoms with van der Waals surface area (Å²) >= 11 is 0. The van der Waals surface area contributed by atoms with Crippen LogP contribution in [0.3, 0.4) is 0 Å². The molecule has 1 heterocycles. The van der Waals surface area contributed by atoms with Crippen LogP contribution in [0.4, 0.5) is 4.39 Å². The number of esters is 1. The van der Waals surface area contributed by atoms with Crippen molar-refractivity contribution in [1.82, 2.24) is 0 Å². The summed E-state index contributed by atoms with van der Waals surface area (Å²) in [5.74, 6) is 0.188. The summed E-state index contributed by atoms with van der Waals surface area (Å²) in [4.78, 5) is 23.7. The van der Waals surface area contributed by atoms with Gasteiger partial charge in [0.15, 0.2) is 5.78 Å². The molecule has 0 spiro atoms. The summed E-state index contributed by atoms with van der Waals surface area (Å²) in [5.41, 5.74) is 0.940. The Kier molecular flexibility index (Phi) is 9.42. The van der Waals surface area contributed by atoms with Gasteiger partial charge in [-0.25, -0.2) is 4.39 Å². The number of halogens is 1. The first kappa shape index (κ1) is 25.4. The van der Waals surface area contributed by atoms with Gasteiger partial charge in [-0.2, -0.15) is 0 Å². The Hall–Kier alpha value is -2.27. The molecule has 33 heavy (non-hydrogen) atoms. The van der Waals surface area contributed by atoms with Crippen LogP contribution in [-0.2, 0) is 24.5 Å². The molecule has 1 saturated heterocycles.